The lowest BCUT2D eigenvalue weighted by Crippen LogP contribution is -2.28. The molecule has 1 amide bonds. The first-order chi connectivity index (χ1) is 7.99. The highest BCUT2D eigenvalue weighted by Gasteiger charge is 2.22. The van der Waals surface area contributed by atoms with Gasteiger partial charge in [0.2, 0.25) is 10.0 Å². The molecule has 0 bridgehead atoms. The summed E-state index contributed by atoms with van der Waals surface area (Å²) >= 11 is 0. The number of anilines is 1. The molecule has 3 N–H and O–H groups in total. The molecule has 18 heavy (non-hydrogen) atoms. The van der Waals surface area contributed by atoms with E-state index in [1.165, 1.54) is 17.9 Å². The van der Waals surface area contributed by atoms with Crippen molar-refractivity contribution in [1.82, 2.24) is 9.78 Å². The van der Waals surface area contributed by atoms with Crippen LogP contribution in [0.5, 0.6) is 0 Å². The molecule has 0 atom stereocenters. The predicted molar refractivity (Wildman–Crippen MR) is 64.4 cm³/mol. The standard InChI is InChI=1S/C9H16N4O4S/c1-9(2,3)17-8(14)11-7-6(18(10,15)16)5-13(4)12-7/h5H,1-4H3,(H2,10,15,16)(H,11,12,14). The van der Waals surface area contributed by atoms with E-state index < -0.39 is 21.7 Å². The minimum atomic E-state index is -3.96. The topological polar surface area (TPSA) is 116 Å². The van der Waals surface area contributed by atoms with Crippen LogP contribution in [0, 0.1) is 0 Å². The van der Waals surface area contributed by atoms with Gasteiger partial charge in [-0.3, -0.25) is 10.00 Å². The van der Waals surface area contributed by atoms with E-state index in [-0.39, 0.29) is 10.7 Å². The van der Waals surface area contributed by atoms with E-state index in [0.29, 0.717) is 0 Å². The Balaban J connectivity index is 2.96. The maximum absolute atomic E-state index is 11.5. The Bertz CT molecular complexity index is 556. The average Bonchev–Trinajstić information content (AvgIpc) is 2.41. The molecule has 1 heterocycles. The number of primary sulfonamides is 1. The normalized spacial score (nSPS) is 12.3. The number of carbonyl (C=O) groups is 1. The number of hydrogen-bond acceptors (Lipinski definition) is 5. The van der Waals surface area contributed by atoms with Crippen molar-refractivity contribution in [3.05, 3.63) is 6.20 Å². The second-order valence-electron chi connectivity index (χ2n) is 4.69. The SMILES string of the molecule is Cn1cc(S(N)(=O)=O)c(NC(=O)OC(C)(C)C)n1. The summed E-state index contributed by atoms with van der Waals surface area (Å²) in [6.07, 6.45) is 0.397. The molecule has 0 aliphatic carbocycles. The van der Waals surface area contributed by atoms with Crippen LogP contribution in [0.1, 0.15) is 20.8 Å². The molecule has 0 spiro atoms. The Kier molecular flexibility index (Phi) is 3.67. The van der Waals surface area contributed by atoms with Gasteiger partial charge in [-0.1, -0.05) is 0 Å². The number of hydrogen-bond donors (Lipinski definition) is 2. The van der Waals surface area contributed by atoms with E-state index in [4.69, 9.17) is 9.88 Å². The van der Waals surface area contributed by atoms with E-state index in [9.17, 15) is 13.2 Å². The fraction of sp³-hybridized carbons (Fsp3) is 0.556. The minimum Gasteiger partial charge on any atom is -0.444 e. The molecule has 0 aliphatic heterocycles. The van der Waals surface area contributed by atoms with Gasteiger partial charge < -0.3 is 4.74 Å². The Morgan fingerprint density at radius 1 is 1.50 bits per heavy atom. The highest BCUT2D eigenvalue weighted by atomic mass is 32.2. The molecule has 0 saturated heterocycles. The van der Waals surface area contributed by atoms with Gasteiger partial charge in [-0.2, -0.15) is 5.10 Å². The lowest BCUT2D eigenvalue weighted by Gasteiger charge is -2.19. The van der Waals surface area contributed by atoms with Crippen molar-refractivity contribution in [2.45, 2.75) is 31.3 Å². The summed E-state index contributed by atoms with van der Waals surface area (Å²) in [5, 5.41) is 11.0. The molecule has 102 valence electrons. The minimum absolute atomic E-state index is 0.158. The molecule has 0 aliphatic rings. The number of sulfonamides is 1. The number of nitrogens with one attached hydrogen (secondary N) is 1. The molecule has 1 rings (SSSR count). The van der Waals surface area contributed by atoms with Crippen LogP contribution in [-0.2, 0) is 21.8 Å². The number of aromatic nitrogens is 2. The molecule has 8 nitrogen and oxygen atoms in total. The Labute approximate surface area is 105 Å². The maximum Gasteiger partial charge on any atom is 0.413 e. The Morgan fingerprint density at radius 3 is 2.50 bits per heavy atom. The van der Waals surface area contributed by atoms with Gasteiger partial charge in [0.05, 0.1) is 0 Å². The summed E-state index contributed by atoms with van der Waals surface area (Å²) in [5.41, 5.74) is -0.694. The van der Waals surface area contributed by atoms with Crippen LogP contribution in [0.4, 0.5) is 10.6 Å². The number of carbonyl (C=O) groups excluding carboxylic acids is 1. The van der Waals surface area contributed by atoms with Crippen molar-refractivity contribution in [2.24, 2.45) is 12.2 Å². The van der Waals surface area contributed by atoms with Crippen molar-refractivity contribution < 1.29 is 17.9 Å². The summed E-state index contributed by atoms with van der Waals surface area (Å²) in [5.74, 6) is -0.158. The van der Waals surface area contributed by atoms with Gasteiger partial charge in [0.25, 0.3) is 0 Å². The number of rotatable bonds is 2. The van der Waals surface area contributed by atoms with E-state index in [1.807, 2.05) is 0 Å². The summed E-state index contributed by atoms with van der Waals surface area (Å²) in [4.78, 5) is 11.2. The largest absolute Gasteiger partial charge is 0.444 e. The molecular formula is C9H16N4O4S. The number of amides is 1. The molecule has 0 saturated carbocycles. The summed E-state index contributed by atoms with van der Waals surface area (Å²) in [6.45, 7) is 5.06. The molecular weight excluding hydrogens is 260 g/mol. The molecule has 1 aromatic rings. The molecule has 0 radical (unpaired) electrons. The van der Waals surface area contributed by atoms with Gasteiger partial charge in [-0.25, -0.2) is 18.4 Å². The molecule has 9 heteroatoms. The zero-order valence-corrected chi connectivity index (χ0v) is 11.4. The highest BCUT2D eigenvalue weighted by Crippen LogP contribution is 2.18. The molecule has 1 aromatic heterocycles. The van der Waals surface area contributed by atoms with Crippen LogP contribution in [-0.4, -0.2) is 29.9 Å². The summed E-state index contributed by atoms with van der Waals surface area (Å²) in [6, 6.07) is 0. The van der Waals surface area contributed by atoms with Gasteiger partial charge in [-0.05, 0) is 20.8 Å². The zero-order valence-electron chi connectivity index (χ0n) is 10.6. The fourth-order valence-corrected chi connectivity index (χ4v) is 1.82. The van der Waals surface area contributed by atoms with Crippen LogP contribution >= 0.6 is 0 Å². The smallest absolute Gasteiger partial charge is 0.413 e. The number of nitrogens with zero attached hydrogens (tertiary/aromatic N) is 2. The first kappa shape index (κ1) is 14.5. The van der Waals surface area contributed by atoms with Gasteiger partial charge in [-0.15, -0.1) is 0 Å². The van der Waals surface area contributed by atoms with E-state index in [0.717, 1.165) is 0 Å². The maximum atomic E-state index is 11.5. The number of nitrogens with two attached hydrogens (primary N) is 1. The van der Waals surface area contributed by atoms with Crippen LogP contribution < -0.4 is 10.5 Å². The fourth-order valence-electron chi connectivity index (χ4n) is 1.16. The highest BCUT2D eigenvalue weighted by molar-refractivity contribution is 7.89. The molecule has 0 fully saturated rings. The third-order valence-corrected chi connectivity index (χ3v) is 2.63. The van der Waals surface area contributed by atoms with Gasteiger partial charge in [0.1, 0.15) is 10.5 Å². The van der Waals surface area contributed by atoms with E-state index in [2.05, 4.69) is 10.4 Å². The van der Waals surface area contributed by atoms with Crippen LogP contribution in [0.15, 0.2) is 11.1 Å². The summed E-state index contributed by atoms with van der Waals surface area (Å²) in [7, 11) is -2.45. The predicted octanol–water partition coefficient (Wildman–Crippen LogP) is 0.414. The zero-order chi connectivity index (χ0) is 14.1. The van der Waals surface area contributed by atoms with Crippen molar-refractivity contribution in [3.8, 4) is 0 Å². The molecule has 0 aromatic carbocycles. The lowest BCUT2D eigenvalue weighted by molar-refractivity contribution is 0.0635. The van der Waals surface area contributed by atoms with Crippen molar-refractivity contribution in [3.63, 3.8) is 0 Å². The van der Waals surface area contributed by atoms with Crippen molar-refractivity contribution in [1.29, 1.82) is 0 Å². The van der Waals surface area contributed by atoms with Crippen LogP contribution in [0.25, 0.3) is 0 Å². The second-order valence-corrected chi connectivity index (χ2v) is 6.22. The number of aryl methyl sites for hydroxylation is 1. The van der Waals surface area contributed by atoms with Crippen molar-refractivity contribution in [2.75, 3.05) is 5.32 Å². The van der Waals surface area contributed by atoms with Crippen molar-refractivity contribution >= 4 is 21.9 Å². The lowest BCUT2D eigenvalue weighted by atomic mass is 10.2. The van der Waals surface area contributed by atoms with Crippen LogP contribution in [0.3, 0.4) is 0 Å². The summed E-state index contributed by atoms with van der Waals surface area (Å²) < 4.78 is 28.7. The second kappa shape index (κ2) is 4.58. The quantitative estimate of drug-likeness (QED) is 0.811. The van der Waals surface area contributed by atoms with E-state index in [1.54, 1.807) is 20.8 Å². The Hall–Kier alpha value is -1.61. The van der Waals surface area contributed by atoms with Gasteiger partial charge >= 0.3 is 6.09 Å². The third-order valence-electron chi connectivity index (χ3n) is 1.72. The molecule has 0 unspecified atom stereocenters. The Morgan fingerprint density at radius 2 is 2.06 bits per heavy atom. The van der Waals surface area contributed by atoms with Gasteiger partial charge in [0, 0.05) is 13.2 Å². The number of ether oxygens (including phenoxy) is 1. The third kappa shape index (κ3) is 4.00. The first-order valence-corrected chi connectivity index (χ1v) is 6.60. The average molecular weight is 276 g/mol. The monoisotopic (exact) mass is 276 g/mol. The first-order valence-electron chi connectivity index (χ1n) is 5.05. The van der Waals surface area contributed by atoms with Gasteiger partial charge in [0.15, 0.2) is 5.82 Å². The van der Waals surface area contributed by atoms with E-state index >= 15 is 0 Å². The van der Waals surface area contributed by atoms with Crippen LogP contribution in [0.2, 0.25) is 0 Å².